The first-order valence-corrected chi connectivity index (χ1v) is 8.22. The summed E-state index contributed by atoms with van der Waals surface area (Å²) >= 11 is 0. The maximum atomic E-state index is 12.9. The molecule has 124 valence electrons. The molecule has 2 N–H and O–H groups in total. The largest absolute Gasteiger partial charge is 0.392 e. The third-order valence-corrected chi connectivity index (χ3v) is 4.52. The third-order valence-electron chi connectivity index (χ3n) is 4.52. The van der Waals surface area contributed by atoms with Crippen molar-refractivity contribution in [3.05, 3.63) is 29.5 Å². The van der Waals surface area contributed by atoms with Crippen LogP contribution in [0, 0.1) is 6.92 Å². The Morgan fingerprint density at radius 2 is 2.09 bits per heavy atom. The summed E-state index contributed by atoms with van der Waals surface area (Å²) in [5.41, 5.74) is 2.57. The first-order chi connectivity index (χ1) is 11.1. The summed E-state index contributed by atoms with van der Waals surface area (Å²) < 4.78 is 0. The van der Waals surface area contributed by atoms with E-state index in [2.05, 4.69) is 15.1 Å². The van der Waals surface area contributed by atoms with Crippen LogP contribution in [0.1, 0.15) is 29.3 Å². The first-order valence-electron chi connectivity index (χ1n) is 8.22. The second-order valence-electron chi connectivity index (χ2n) is 6.30. The fraction of sp³-hybridized carbons (Fsp3) is 0.529. The predicted molar refractivity (Wildman–Crippen MR) is 89.5 cm³/mol. The number of nitrogens with one attached hydrogen (secondary N) is 1. The van der Waals surface area contributed by atoms with Crippen molar-refractivity contribution >= 4 is 16.8 Å². The summed E-state index contributed by atoms with van der Waals surface area (Å²) in [7, 11) is 0. The van der Waals surface area contributed by atoms with E-state index < -0.39 is 0 Å². The minimum absolute atomic E-state index is 0.0543. The van der Waals surface area contributed by atoms with Crippen LogP contribution in [-0.2, 0) is 0 Å². The standard InChI is InChI=1S/C17H24N4O2/c1-3-14(22)11-20-4-6-21(7-5-20)17(23)15-9-12(2)8-13-10-18-19-16(13)15/h8-10,14,22H,3-7,11H2,1-2H3,(H,18,19). The first kappa shape index (κ1) is 16.0. The molecule has 6 nitrogen and oxygen atoms in total. The number of H-pyrrole nitrogens is 1. The van der Waals surface area contributed by atoms with Crippen molar-refractivity contribution in [2.75, 3.05) is 32.7 Å². The maximum absolute atomic E-state index is 12.9. The zero-order valence-corrected chi connectivity index (χ0v) is 13.7. The molecule has 1 aliphatic rings. The third kappa shape index (κ3) is 3.38. The Labute approximate surface area is 136 Å². The summed E-state index contributed by atoms with van der Waals surface area (Å²) in [6.45, 7) is 7.66. The minimum atomic E-state index is -0.279. The number of rotatable bonds is 4. The molecule has 2 aromatic rings. The lowest BCUT2D eigenvalue weighted by molar-refractivity contribution is 0.0525. The molecule has 23 heavy (non-hydrogen) atoms. The number of aromatic amines is 1. The highest BCUT2D eigenvalue weighted by Gasteiger charge is 2.24. The minimum Gasteiger partial charge on any atom is -0.392 e. The van der Waals surface area contributed by atoms with Crippen molar-refractivity contribution in [3.8, 4) is 0 Å². The van der Waals surface area contributed by atoms with Gasteiger partial charge in [-0.1, -0.05) is 6.92 Å². The monoisotopic (exact) mass is 316 g/mol. The predicted octanol–water partition coefficient (Wildman–Crippen LogP) is 1.40. The van der Waals surface area contributed by atoms with E-state index in [9.17, 15) is 9.90 Å². The number of aromatic nitrogens is 2. The molecule has 6 heteroatoms. The van der Waals surface area contributed by atoms with Crippen molar-refractivity contribution in [2.24, 2.45) is 0 Å². The van der Waals surface area contributed by atoms with Crippen molar-refractivity contribution in [2.45, 2.75) is 26.4 Å². The number of piperazine rings is 1. The molecule has 1 atom stereocenters. The van der Waals surface area contributed by atoms with E-state index in [4.69, 9.17) is 0 Å². The molecule has 0 saturated carbocycles. The fourth-order valence-corrected chi connectivity index (χ4v) is 3.11. The van der Waals surface area contributed by atoms with Gasteiger partial charge in [-0.3, -0.25) is 14.8 Å². The summed E-state index contributed by atoms with van der Waals surface area (Å²) in [6.07, 6.45) is 2.24. The van der Waals surface area contributed by atoms with E-state index in [0.29, 0.717) is 25.2 Å². The van der Waals surface area contributed by atoms with Gasteiger partial charge in [0.15, 0.2) is 0 Å². The Morgan fingerprint density at radius 1 is 1.35 bits per heavy atom. The number of nitrogens with zero attached hydrogens (tertiary/aromatic N) is 3. The lowest BCUT2D eigenvalue weighted by Crippen LogP contribution is -2.50. The lowest BCUT2D eigenvalue weighted by Gasteiger charge is -2.35. The Kier molecular flexibility index (Phi) is 4.63. The van der Waals surface area contributed by atoms with E-state index in [0.717, 1.165) is 36.0 Å². The smallest absolute Gasteiger partial charge is 0.256 e. The summed E-state index contributed by atoms with van der Waals surface area (Å²) in [5, 5.41) is 17.7. The summed E-state index contributed by atoms with van der Waals surface area (Å²) in [4.78, 5) is 17.0. The zero-order valence-electron chi connectivity index (χ0n) is 13.7. The number of amides is 1. The van der Waals surface area contributed by atoms with Gasteiger partial charge in [-0.05, 0) is 31.0 Å². The van der Waals surface area contributed by atoms with Crippen LogP contribution < -0.4 is 0 Å². The van der Waals surface area contributed by atoms with Gasteiger partial charge in [0.05, 0.1) is 23.4 Å². The highest BCUT2D eigenvalue weighted by atomic mass is 16.3. The normalized spacial score (nSPS) is 17.6. The van der Waals surface area contributed by atoms with Crippen LogP contribution in [0.15, 0.2) is 18.3 Å². The van der Waals surface area contributed by atoms with Gasteiger partial charge in [-0.2, -0.15) is 5.10 Å². The summed E-state index contributed by atoms with van der Waals surface area (Å²) in [5.74, 6) is 0.0543. The van der Waals surface area contributed by atoms with Gasteiger partial charge in [0, 0.05) is 38.1 Å². The van der Waals surface area contributed by atoms with Crippen molar-refractivity contribution < 1.29 is 9.90 Å². The van der Waals surface area contributed by atoms with Crippen molar-refractivity contribution in [1.29, 1.82) is 0 Å². The maximum Gasteiger partial charge on any atom is 0.256 e. The number of carbonyl (C=O) groups is 1. The number of fused-ring (bicyclic) bond motifs is 1. The molecular formula is C17H24N4O2. The second-order valence-corrected chi connectivity index (χ2v) is 6.30. The molecule has 0 bridgehead atoms. The average Bonchev–Trinajstić information content (AvgIpc) is 3.02. The highest BCUT2D eigenvalue weighted by Crippen LogP contribution is 2.21. The average molecular weight is 316 g/mol. The Hall–Kier alpha value is -1.92. The van der Waals surface area contributed by atoms with Gasteiger partial charge in [-0.25, -0.2) is 0 Å². The van der Waals surface area contributed by atoms with Gasteiger partial charge in [-0.15, -0.1) is 0 Å². The van der Waals surface area contributed by atoms with Crippen LogP contribution in [0.4, 0.5) is 0 Å². The highest BCUT2D eigenvalue weighted by molar-refractivity contribution is 6.05. The molecule has 0 spiro atoms. The fourth-order valence-electron chi connectivity index (χ4n) is 3.11. The number of hydrogen-bond donors (Lipinski definition) is 2. The second kappa shape index (κ2) is 6.68. The number of aliphatic hydroxyl groups is 1. The van der Waals surface area contributed by atoms with Crippen LogP contribution in [0.2, 0.25) is 0 Å². The Morgan fingerprint density at radius 3 is 2.78 bits per heavy atom. The number of hydrogen-bond acceptors (Lipinski definition) is 4. The SMILES string of the molecule is CCC(O)CN1CCN(C(=O)c2cc(C)cc3cn[nH]c23)CC1. The van der Waals surface area contributed by atoms with E-state index in [1.807, 2.05) is 30.9 Å². The quantitative estimate of drug-likeness (QED) is 0.894. The number of benzene rings is 1. The molecule has 2 heterocycles. The molecule has 1 aliphatic heterocycles. The van der Waals surface area contributed by atoms with E-state index >= 15 is 0 Å². The van der Waals surface area contributed by atoms with Gasteiger partial charge in [0.2, 0.25) is 0 Å². The molecule has 0 aliphatic carbocycles. The molecule has 1 fully saturated rings. The summed E-state index contributed by atoms with van der Waals surface area (Å²) in [6, 6.07) is 3.95. The number of aliphatic hydroxyl groups excluding tert-OH is 1. The van der Waals surface area contributed by atoms with Crippen molar-refractivity contribution in [1.82, 2.24) is 20.0 Å². The number of β-amino-alcohol motifs (C(OH)–C–C–N with tert-alkyl or cyclic N) is 1. The molecule has 0 radical (unpaired) electrons. The van der Waals surface area contributed by atoms with Crippen LogP contribution in [0.25, 0.3) is 10.9 Å². The van der Waals surface area contributed by atoms with Crippen molar-refractivity contribution in [3.63, 3.8) is 0 Å². The lowest BCUT2D eigenvalue weighted by atomic mass is 10.1. The Bertz CT molecular complexity index is 689. The number of carbonyl (C=O) groups excluding carboxylic acids is 1. The van der Waals surface area contributed by atoms with Crippen LogP contribution in [-0.4, -0.2) is 69.8 Å². The topological polar surface area (TPSA) is 72.5 Å². The molecule has 1 aromatic heterocycles. The van der Waals surface area contributed by atoms with E-state index in [1.165, 1.54) is 0 Å². The molecule has 1 unspecified atom stereocenters. The molecule has 1 saturated heterocycles. The molecule has 1 amide bonds. The van der Waals surface area contributed by atoms with Crippen LogP contribution in [0.5, 0.6) is 0 Å². The number of aryl methyl sites for hydroxylation is 1. The Balaban J connectivity index is 1.71. The van der Waals surface area contributed by atoms with E-state index in [1.54, 1.807) is 6.20 Å². The zero-order chi connectivity index (χ0) is 16.4. The van der Waals surface area contributed by atoms with Gasteiger partial charge in [0.1, 0.15) is 0 Å². The molecule has 3 rings (SSSR count). The van der Waals surface area contributed by atoms with E-state index in [-0.39, 0.29) is 12.0 Å². The van der Waals surface area contributed by atoms with Crippen LogP contribution >= 0.6 is 0 Å². The van der Waals surface area contributed by atoms with Gasteiger partial charge in [0.25, 0.3) is 5.91 Å². The van der Waals surface area contributed by atoms with Crippen LogP contribution in [0.3, 0.4) is 0 Å². The molecular weight excluding hydrogens is 292 g/mol. The van der Waals surface area contributed by atoms with Gasteiger partial charge < -0.3 is 10.0 Å². The van der Waals surface area contributed by atoms with Gasteiger partial charge >= 0.3 is 0 Å². The molecule has 1 aromatic carbocycles.